The molecule has 0 aliphatic carbocycles. The highest BCUT2D eigenvalue weighted by atomic mass is 79.9. The van der Waals surface area contributed by atoms with Crippen molar-refractivity contribution in [3.63, 3.8) is 0 Å². The number of halogens is 1. The van der Waals surface area contributed by atoms with Crippen LogP contribution in [0, 0.1) is 0 Å². The van der Waals surface area contributed by atoms with E-state index < -0.39 is 9.84 Å². The zero-order valence-electron chi connectivity index (χ0n) is 20.1. The quantitative estimate of drug-likeness (QED) is 0.328. The second kappa shape index (κ2) is 8.20. The van der Waals surface area contributed by atoms with Gasteiger partial charge in [0, 0.05) is 10.0 Å². The first-order valence-corrected chi connectivity index (χ1v) is 13.2. The van der Waals surface area contributed by atoms with Gasteiger partial charge < -0.3 is 5.11 Å². The molecule has 6 nitrogen and oxygen atoms in total. The van der Waals surface area contributed by atoms with Crippen LogP contribution in [0.5, 0.6) is 5.75 Å². The Hall–Kier alpha value is -2.71. The van der Waals surface area contributed by atoms with Crippen LogP contribution >= 0.6 is 15.9 Å². The van der Waals surface area contributed by atoms with E-state index >= 15 is 0 Å². The SMILES string of the molecule is CC(C)(C)c1cc(-n2nc3ccc(S(=O)(=O)c4ccc(Br)cc4)cc3n2)c(O)c(C(C)(C)C)c1. The molecule has 4 aromatic rings. The molecule has 1 heterocycles. The lowest BCUT2D eigenvalue weighted by Gasteiger charge is -2.27. The van der Waals surface area contributed by atoms with Crippen LogP contribution in [0.3, 0.4) is 0 Å². The van der Waals surface area contributed by atoms with E-state index in [1.165, 1.54) is 16.9 Å². The lowest BCUT2D eigenvalue weighted by atomic mass is 9.80. The van der Waals surface area contributed by atoms with Gasteiger partial charge in [-0.2, -0.15) is 0 Å². The Bertz CT molecular complexity index is 1490. The fourth-order valence-electron chi connectivity index (χ4n) is 3.70. The predicted octanol–water partition coefficient (Wildman–Crippen LogP) is 6.32. The van der Waals surface area contributed by atoms with E-state index in [0.29, 0.717) is 16.7 Å². The Morgan fingerprint density at radius 3 is 1.97 bits per heavy atom. The number of fused-ring (bicyclic) bond motifs is 1. The van der Waals surface area contributed by atoms with Crippen molar-refractivity contribution in [2.24, 2.45) is 0 Å². The number of phenolic OH excluding ortho intramolecular Hbond substituents is 1. The van der Waals surface area contributed by atoms with E-state index in [1.54, 1.807) is 30.3 Å². The normalized spacial score (nSPS) is 12.9. The van der Waals surface area contributed by atoms with Crippen molar-refractivity contribution in [1.29, 1.82) is 0 Å². The summed E-state index contributed by atoms with van der Waals surface area (Å²) in [6.07, 6.45) is 0. The molecule has 0 fully saturated rings. The predicted molar refractivity (Wildman–Crippen MR) is 138 cm³/mol. The second-order valence-electron chi connectivity index (χ2n) is 10.5. The van der Waals surface area contributed by atoms with Crippen molar-refractivity contribution in [1.82, 2.24) is 15.0 Å². The van der Waals surface area contributed by atoms with Crippen molar-refractivity contribution in [2.75, 3.05) is 0 Å². The molecular weight excluding hydrogens is 514 g/mol. The minimum Gasteiger partial charge on any atom is -0.505 e. The third-order valence-electron chi connectivity index (χ3n) is 5.77. The second-order valence-corrected chi connectivity index (χ2v) is 13.4. The maximum absolute atomic E-state index is 13.1. The molecular formula is C26H28BrN3O3S. The summed E-state index contributed by atoms with van der Waals surface area (Å²) in [6.45, 7) is 12.5. The Morgan fingerprint density at radius 1 is 0.794 bits per heavy atom. The molecule has 1 N–H and O–H groups in total. The molecule has 0 aliphatic rings. The fourth-order valence-corrected chi connectivity index (χ4v) is 5.24. The van der Waals surface area contributed by atoms with Crippen molar-refractivity contribution in [2.45, 2.75) is 62.2 Å². The fraction of sp³-hybridized carbons (Fsp3) is 0.308. The van der Waals surface area contributed by atoms with Gasteiger partial charge in [0.2, 0.25) is 9.84 Å². The van der Waals surface area contributed by atoms with E-state index in [-0.39, 0.29) is 26.4 Å². The first kappa shape index (κ1) is 24.4. The molecule has 4 rings (SSSR count). The van der Waals surface area contributed by atoms with Crippen molar-refractivity contribution >= 4 is 36.8 Å². The van der Waals surface area contributed by atoms with Crippen LogP contribution in [0.1, 0.15) is 52.7 Å². The Labute approximate surface area is 208 Å². The van der Waals surface area contributed by atoms with Gasteiger partial charge in [0.15, 0.2) is 0 Å². The number of aromatic nitrogens is 3. The van der Waals surface area contributed by atoms with E-state index in [9.17, 15) is 13.5 Å². The summed E-state index contributed by atoms with van der Waals surface area (Å²) < 4.78 is 27.0. The van der Waals surface area contributed by atoms with Crippen LogP contribution in [0.15, 0.2) is 68.9 Å². The van der Waals surface area contributed by atoms with Gasteiger partial charge in [0.1, 0.15) is 22.5 Å². The Morgan fingerprint density at radius 2 is 1.38 bits per heavy atom. The molecule has 0 radical (unpaired) electrons. The maximum Gasteiger partial charge on any atom is 0.206 e. The lowest BCUT2D eigenvalue weighted by Crippen LogP contribution is -2.18. The van der Waals surface area contributed by atoms with Crippen molar-refractivity contribution < 1.29 is 13.5 Å². The van der Waals surface area contributed by atoms with E-state index in [4.69, 9.17) is 0 Å². The lowest BCUT2D eigenvalue weighted by molar-refractivity contribution is 0.438. The third-order valence-corrected chi connectivity index (χ3v) is 8.06. The summed E-state index contributed by atoms with van der Waals surface area (Å²) in [5.41, 5.74) is 2.83. The summed E-state index contributed by atoms with van der Waals surface area (Å²) in [5, 5.41) is 20.2. The molecule has 0 spiro atoms. The zero-order chi connectivity index (χ0) is 25.1. The topological polar surface area (TPSA) is 85.1 Å². The Balaban J connectivity index is 1.87. The minimum atomic E-state index is -3.71. The first-order valence-electron chi connectivity index (χ1n) is 10.9. The zero-order valence-corrected chi connectivity index (χ0v) is 22.5. The van der Waals surface area contributed by atoms with E-state index in [1.807, 2.05) is 32.9 Å². The number of nitrogens with zero attached hydrogens (tertiary/aromatic N) is 3. The molecule has 0 aliphatic heterocycles. The largest absolute Gasteiger partial charge is 0.505 e. The van der Waals surface area contributed by atoms with E-state index in [2.05, 4.69) is 46.9 Å². The minimum absolute atomic E-state index is 0.114. The number of sulfone groups is 1. The average Bonchev–Trinajstić information content (AvgIpc) is 3.15. The molecule has 0 bridgehead atoms. The highest BCUT2D eigenvalue weighted by molar-refractivity contribution is 9.10. The van der Waals surface area contributed by atoms with Crippen LogP contribution in [0.25, 0.3) is 16.7 Å². The number of benzene rings is 3. The summed E-state index contributed by atoms with van der Waals surface area (Å²) in [7, 11) is -3.71. The number of aromatic hydroxyl groups is 1. The molecule has 8 heteroatoms. The number of hydrogen-bond acceptors (Lipinski definition) is 5. The molecule has 34 heavy (non-hydrogen) atoms. The molecule has 1 aromatic heterocycles. The molecule has 0 unspecified atom stereocenters. The van der Waals surface area contributed by atoms with Gasteiger partial charge in [-0.25, -0.2) is 8.42 Å². The van der Waals surface area contributed by atoms with Crippen molar-refractivity contribution in [3.8, 4) is 11.4 Å². The van der Waals surface area contributed by atoms with Gasteiger partial charge >= 0.3 is 0 Å². The monoisotopic (exact) mass is 541 g/mol. The van der Waals surface area contributed by atoms with E-state index in [0.717, 1.165) is 15.6 Å². The standard InChI is InChI=1S/C26H28BrN3O3S/c1-25(2,3)16-13-20(26(4,5)6)24(31)23(14-16)30-28-21-12-11-19(15-22(21)29-30)34(32,33)18-9-7-17(27)8-10-18/h7-15,31H,1-6H3. The highest BCUT2D eigenvalue weighted by Crippen LogP contribution is 2.39. The van der Waals surface area contributed by atoms with Crippen LogP contribution in [0.2, 0.25) is 0 Å². The number of rotatable bonds is 3. The molecule has 178 valence electrons. The molecule has 0 saturated heterocycles. The van der Waals surface area contributed by atoms with Crippen molar-refractivity contribution in [3.05, 3.63) is 70.2 Å². The maximum atomic E-state index is 13.1. The molecule has 0 amide bonds. The summed E-state index contributed by atoms with van der Waals surface area (Å²) in [5.74, 6) is 0.114. The molecule has 0 saturated carbocycles. The van der Waals surface area contributed by atoms with Crippen LogP contribution in [-0.4, -0.2) is 28.5 Å². The molecule has 3 aromatic carbocycles. The highest BCUT2D eigenvalue weighted by Gasteiger charge is 2.27. The van der Waals surface area contributed by atoms with Crippen LogP contribution in [-0.2, 0) is 20.7 Å². The van der Waals surface area contributed by atoms with Gasteiger partial charge in [-0.3, -0.25) is 0 Å². The van der Waals surface area contributed by atoms with Gasteiger partial charge in [0.05, 0.1) is 9.79 Å². The molecule has 0 atom stereocenters. The third kappa shape index (κ3) is 4.49. The number of hydrogen-bond donors (Lipinski definition) is 1. The number of phenols is 1. The Kier molecular flexibility index (Phi) is 5.89. The van der Waals surface area contributed by atoms with Crippen LogP contribution in [0.4, 0.5) is 0 Å². The van der Waals surface area contributed by atoms with Gasteiger partial charge in [-0.1, -0.05) is 63.5 Å². The smallest absolute Gasteiger partial charge is 0.206 e. The summed E-state index contributed by atoms with van der Waals surface area (Å²) in [6, 6.07) is 15.1. The van der Waals surface area contributed by atoms with Gasteiger partial charge in [-0.15, -0.1) is 15.0 Å². The summed E-state index contributed by atoms with van der Waals surface area (Å²) >= 11 is 3.33. The van der Waals surface area contributed by atoms with Gasteiger partial charge in [-0.05, 0) is 64.9 Å². The average molecular weight is 542 g/mol. The van der Waals surface area contributed by atoms with Crippen LogP contribution < -0.4 is 0 Å². The first-order chi connectivity index (χ1) is 15.7. The van der Waals surface area contributed by atoms with Gasteiger partial charge in [0.25, 0.3) is 0 Å². The summed E-state index contributed by atoms with van der Waals surface area (Å²) in [4.78, 5) is 1.73.